The van der Waals surface area contributed by atoms with E-state index in [1.165, 1.54) is 12.1 Å². The zero-order valence-corrected chi connectivity index (χ0v) is 17.5. The molecule has 0 spiro atoms. The lowest BCUT2D eigenvalue weighted by atomic mass is 10.1. The van der Waals surface area contributed by atoms with Crippen molar-refractivity contribution in [2.24, 2.45) is 5.14 Å². The van der Waals surface area contributed by atoms with E-state index in [0.717, 1.165) is 42.0 Å². The first-order valence-electron chi connectivity index (χ1n) is 9.73. The van der Waals surface area contributed by atoms with Crippen LogP contribution < -0.4 is 10.5 Å². The topological polar surface area (TPSA) is 107 Å². The van der Waals surface area contributed by atoms with Gasteiger partial charge in [0.1, 0.15) is 5.82 Å². The molecule has 3 rings (SSSR count). The Morgan fingerprint density at radius 1 is 1.17 bits per heavy atom. The number of primary sulfonamides is 1. The largest absolute Gasteiger partial charge is 0.328 e. The summed E-state index contributed by atoms with van der Waals surface area (Å²) in [4.78, 5) is 17.1. The fourth-order valence-electron chi connectivity index (χ4n) is 3.39. The summed E-state index contributed by atoms with van der Waals surface area (Å²) in [6.07, 6.45) is 2.48. The molecule has 0 atom stereocenters. The van der Waals surface area contributed by atoms with Crippen LogP contribution in [0, 0.1) is 0 Å². The van der Waals surface area contributed by atoms with Gasteiger partial charge in [0.25, 0.3) is 0 Å². The summed E-state index contributed by atoms with van der Waals surface area (Å²) < 4.78 is 25.3. The summed E-state index contributed by atoms with van der Waals surface area (Å²) in [6.45, 7) is 4.84. The Kier molecular flexibility index (Phi) is 6.34. The lowest BCUT2D eigenvalue weighted by molar-refractivity contribution is -0.116. The van der Waals surface area contributed by atoms with Crippen molar-refractivity contribution in [2.45, 2.75) is 51.0 Å². The molecule has 1 amide bonds. The monoisotopic (exact) mass is 414 g/mol. The minimum atomic E-state index is -3.79. The Hall–Kier alpha value is -2.71. The number of fused-ring (bicyclic) bond motifs is 1. The van der Waals surface area contributed by atoms with E-state index in [1.807, 2.05) is 35.8 Å². The highest BCUT2D eigenvalue weighted by Gasteiger charge is 2.15. The van der Waals surface area contributed by atoms with Crippen molar-refractivity contribution < 1.29 is 13.2 Å². The normalized spacial score (nSPS) is 11.7. The predicted molar refractivity (Wildman–Crippen MR) is 114 cm³/mol. The first kappa shape index (κ1) is 21.0. The molecule has 3 N–H and O–H groups in total. The van der Waals surface area contributed by atoms with Gasteiger partial charge in [-0.3, -0.25) is 4.79 Å². The number of sulfonamides is 1. The number of rotatable bonds is 8. The number of hydrogen-bond acceptors (Lipinski definition) is 4. The molecular weight excluding hydrogens is 388 g/mol. The molecule has 1 heterocycles. The van der Waals surface area contributed by atoms with Gasteiger partial charge in [0.05, 0.1) is 15.9 Å². The second kappa shape index (κ2) is 8.75. The van der Waals surface area contributed by atoms with Crippen molar-refractivity contribution in [1.82, 2.24) is 9.55 Å². The number of aromatic nitrogens is 2. The number of hydrogen-bond donors (Lipinski definition) is 2. The zero-order valence-electron chi connectivity index (χ0n) is 16.7. The number of imidazole rings is 1. The number of carbonyl (C=O) groups is 1. The number of nitrogens with zero attached hydrogens (tertiary/aromatic N) is 2. The number of amides is 1. The van der Waals surface area contributed by atoms with Crippen LogP contribution in [0.25, 0.3) is 11.0 Å². The van der Waals surface area contributed by atoms with Crippen molar-refractivity contribution in [3.8, 4) is 0 Å². The average molecular weight is 415 g/mol. The van der Waals surface area contributed by atoms with E-state index in [1.54, 1.807) is 6.07 Å². The van der Waals surface area contributed by atoms with E-state index in [9.17, 15) is 13.2 Å². The number of benzene rings is 2. The van der Waals surface area contributed by atoms with Crippen LogP contribution >= 0.6 is 0 Å². The van der Waals surface area contributed by atoms with Crippen LogP contribution in [0.3, 0.4) is 0 Å². The molecule has 0 radical (unpaired) electrons. The van der Waals surface area contributed by atoms with E-state index in [4.69, 9.17) is 5.14 Å². The minimum Gasteiger partial charge on any atom is -0.328 e. The summed E-state index contributed by atoms with van der Waals surface area (Å²) in [5, 5.41) is 8.21. The molecule has 0 aliphatic carbocycles. The van der Waals surface area contributed by atoms with Gasteiger partial charge in [0.2, 0.25) is 15.9 Å². The van der Waals surface area contributed by atoms with Gasteiger partial charge in [-0.2, -0.15) is 0 Å². The van der Waals surface area contributed by atoms with E-state index in [0.29, 0.717) is 11.9 Å². The third kappa shape index (κ3) is 4.83. The first-order chi connectivity index (χ1) is 13.8. The molecule has 154 valence electrons. The van der Waals surface area contributed by atoms with Gasteiger partial charge in [-0.25, -0.2) is 18.5 Å². The number of para-hydroxylation sites is 1. The van der Waals surface area contributed by atoms with E-state index >= 15 is 0 Å². The van der Waals surface area contributed by atoms with Crippen molar-refractivity contribution in [1.29, 1.82) is 0 Å². The van der Waals surface area contributed by atoms with Crippen LogP contribution in [0.15, 0.2) is 47.4 Å². The minimum absolute atomic E-state index is 0.0339. The van der Waals surface area contributed by atoms with Crippen LogP contribution in [0.1, 0.15) is 38.1 Å². The summed E-state index contributed by atoms with van der Waals surface area (Å²) in [5.41, 5.74) is 3.33. The summed E-state index contributed by atoms with van der Waals surface area (Å²) in [5.74, 6) is 0.679. The highest BCUT2D eigenvalue weighted by molar-refractivity contribution is 7.89. The van der Waals surface area contributed by atoms with Crippen LogP contribution in [0.2, 0.25) is 0 Å². The quantitative estimate of drug-likeness (QED) is 0.590. The van der Waals surface area contributed by atoms with Crippen molar-refractivity contribution in [3.63, 3.8) is 0 Å². The van der Waals surface area contributed by atoms with Gasteiger partial charge in [-0.05, 0) is 42.7 Å². The van der Waals surface area contributed by atoms with Crippen molar-refractivity contribution in [2.75, 3.05) is 5.32 Å². The molecule has 0 bridgehead atoms. The fraction of sp³-hybridized carbons (Fsp3) is 0.333. The Morgan fingerprint density at radius 2 is 1.93 bits per heavy atom. The third-order valence-electron chi connectivity index (χ3n) is 4.82. The number of anilines is 1. The van der Waals surface area contributed by atoms with Crippen LogP contribution in [-0.2, 0) is 34.2 Å². The Balaban J connectivity index is 1.81. The van der Waals surface area contributed by atoms with Gasteiger partial charge in [0, 0.05) is 25.1 Å². The molecule has 7 nitrogen and oxygen atoms in total. The Labute approximate surface area is 171 Å². The van der Waals surface area contributed by atoms with Gasteiger partial charge in [-0.1, -0.05) is 32.0 Å². The van der Waals surface area contributed by atoms with Gasteiger partial charge >= 0.3 is 0 Å². The second-order valence-electron chi connectivity index (χ2n) is 6.93. The highest BCUT2D eigenvalue weighted by Crippen LogP contribution is 2.22. The van der Waals surface area contributed by atoms with Gasteiger partial charge in [0.15, 0.2) is 0 Å². The maximum atomic E-state index is 12.5. The fourth-order valence-corrected chi connectivity index (χ4v) is 3.92. The van der Waals surface area contributed by atoms with Crippen LogP contribution in [0.5, 0.6) is 0 Å². The lowest BCUT2D eigenvalue weighted by Gasteiger charge is -2.10. The lowest BCUT2D eigenvalue weighted by Crippen LogP contribution is -2.15. The van der Waals surface area contributed by atoms with Crippen LogP contribution in [-0.4, -0.2) is 23.9 Å². The Morgan fingerprint density at radius 3 is 2.62 bits per heavy atom. The van der Waals surface area contributed by atoms with E-state index < -0.39 is 10.0 Å². The van der Waals surface area contributed by atoms with E-state index in [-0.39, 0.29) is 17.2 Å². The summed E-state index contributed by atoms with van der Waals surface area (Å²) in [6, 6.07) is 12.5. The first-order valence-corrected chi connectivity index (χ1v) is 11.3. The van der Waals surface area contributed by atoms with Crippen molar-refractivity contribution >= 4 is 32.7 Å². The van der Waals surface area contributed by atoms with Gasteiger partial charge in [-0.15, -0.1) is 0 Å². The van der Waals surface area contributed by atoms with Crippen LogP contribution in [0.4, 0.5) is 5.69 Å². The SMILES string of the molecule is CCCn1c(CCC(=O)Nc2ccccc2CC)nc2cc(S(N)(=O)=O)ccc21. The molecule has 3 aromatic rings. The third-order valence-corrected chi connectivity index (χ3v) is 5.73. The number of nitrogens with one attached hydrogen (secondary N) is 1. The maximum absolute atomic E-state index is 12.5. The molecule has 0 saturated carbocycles. The molecule has 0 aliphatic rings. The Bertz CT molecular complexity index is 1140. The molecule has 0 saturated heterocycles. The molecular formula is C21H26N4O3S. The van der Waals surface area contributed by atoms with Gasteiger partial charge < -0.3 is 9.88 Å². The molecule has 0 unspecified atom stereocenters. The average Bonchev–Trinajstić information content (AvgIpc) is 3.03. The zero-order chi connectivity index (χ0) is 21.0. The van der Waals surface area contributed by atoms with Crippen molar-refractivity contribution in [3.05, 3.63) is 53.9 Å². The highest BCUT2D eigenvalue weighted by atomic mass is 32.2. The number of carbonyl (C=O) groups excluding carboxylic acids is 1. The molecule has 8 heteroatoms. The second-order valence-corrected chi connectivity index (χ2v) is 8.50. The maximum Gasteiger partial charge on any atom is 0.238 e. The number of nitrogens with two attached hydrogens (primary N) is 1. The summed E-state index contributed by atoms with van der Waals surface area (Å²) >= 11 is 0. The van der Waals surface area contributed by atoms with E-state index in [2.05, 4.69) is 17.2 Å². The standard InChI is InChI=1S/C21H26N4O3S/c1-3-13-25-19-10-9-16(29(22,27)28)14-18(19)23-20(25)11-12-21(26)24-17-8-6-5-7-15(17)4-2/h5-10,14H,3-4,11-13H2,1-2H3,(H,24,26)(H2,22,27,28). The molecule has 29 heavy (non-hydrogen) atoms. The summed E-state index contributed by atoms with van der Waals surface area (Å²) in [7, 11) is -3.79. The molecule has 0 fully saturated rings. The molecule has 2 aromatic carbocycles. The predicted octanol–water partition coefficient (Wildman–Crippen LogP) is 3.23. The number of aryl methyl sites for hydroxylation is 3. The smallest absolute Gasteiger partial charge is 0.238 e. The molecule has 1 aromatic heterocycles. The molecule has 0 aliphatic heterocycles.